The number of aryl methyl sites for hydroxylation is 3. The van der Waals surface area contributed by atoms with Gasteiger partial charge in [0.25, 0.3) is 0 Å². The Kier molecular flexibility index (Phi) is 5.77. The number of carbonyl (C=O) groups is 1. The third-order valence-corrected chi connectivity index (χ3v) is 4.43. The lowest BCUT2D eigenvalue weighted by Crippen LogP contribution is -2.32. The molecule has 7 nitrogen and oxygen atoms in total. The normalized spacial score (nSPS) is 11.1. The molecule has 0 fully saturated rings. The molecule has 0 unspecified atom stereocenters. The number of rotatable bonds is 7. The van der Waals surface area contributed by atoms with Crippen molar-refractivity contribution in [3.63, 3.8) is 0 Å². The highest BCUT2D eigenvalue weighted by Gasteiger charge is 2.19. The number of nitrogens with one attached hydrogen (secondary N) is 1. The van der Waals surface area contributed by atoms with E-state index in [9.17, 15) is 4.79 Å². The number of aromatic nitrogens is 3. The first kappa shape index (κ1) is 18.2. The van der Waals surface area contributed by atoms with Gasteiger partial charge in [-0.15, -0.1) is 5.10 Å². The molecule has 2 aromatic heterocycles. The first-order valence-corrected chi connectivity index (χ1v) is 8.16. The van der Waals surface area contributed by atoms with Gasteiger partial charge >= 0.3 is 0 Å². The van der Waals surface area contributed by atoms with E-state index in [-0.39, 0.29) is 5.91 Å². The molecule has 0 aliphatic heterocycles. The van der Waals surface area contributed by atoms with Gasteiger partial charge in [-0.05, 0) is 38.4 Å². The topological polar surface area (TPSA) is 72.3 Å². The minimum absolute atomic E-state index is 0.141. The van der Waals surface area contributed by atoms with Crippen LogP contribution in [-0.2, 0) is 18.3 Å². The van der Waals surface area contributed by atoms with E-state index in [0.717, 1.165) is 34.4 Å². The van der Waals surface area contributed by atoms with Crippen LogP contribution in [0.2, 0.25) is 0 Å². The quantitative estimate of drug-likeness (QED) is 0.824. The van der Waals surface area contributed by atoms with Crippen molar-refractivity contribution >= 4 is 16.9 Å². The van der Waals surface area contributed by atoms with Crippen molar-refractivity contribution in [1.29, 1.82) is 0 Å². The number of carbonyl (C=O) groups excluding carboxylic acids is 1. The van der Waals surface area contributed by atoms with Gasteiger partial charge in [0.2, 0.25) is 11.8 Å². The van der Waals surface area contributed by atoms with Crippen LogP contribution in [0.1, 0.15) is 23.2 Å². The zero-order valence-electron chi connectivity index (χ0n) is 15.4. The maximum absolute atomic E-state index is 12.3. The lowest BCUT2D eigenvalue weighted by atomic mass is 10.00. The van der Waals surface area contributed by atoms with Crippen molar-refractivity contribution in [2.75, 3.05) is 34.3 Å². The maximum atomic E-state index is 12.3. The molecular formula is C17H27N5O2. The average Bonchev–Trinajstić information content (AvgIpc) is 2.88. The molecule has 0 aromatic carbocycles. The van der Waals surface area contributed by atoms with Crippen molar-refractivity contribution in [2.45, 2.75) is 26.7 Å². The van der Waals surface area contributed by atoms with Gasteiger partial charge in [-0.25, -0.2) is 9.67 Å². The molecule has 0 aliphatic carbocycles. The van der Waals surface area contributed by atoms with Crippen LogP contribution in [0.3, 0.4) is 0 Å². The fourth-order valence-electron chi connectivity index (χ4n) is 2.93. The predicted octanol–water partition coefficient (Wildman–Crippen LogP) is 1.20. The van der Waals surface area contributed by atoms with Gasteiger partial charge in [0, 0.05) is 39.3 Å². The zero-order chi connectivity index (χ0) is 17.9. The Labute approximate surface area is 143 Å². The van der Waals surface area contributed by atoms with Crippen LogP contribution in [0.15, 0.2) is 0 Å². The van der Waals surface area contributed by atoms with Crippen molar-refractivity contribution in [1.82, 2.24) is 25.0 Å². The highest BCUT2D eigenvalue weighted by atomic mass is 16.5. The van der Waals surface area contributed by atoms with Gasteiger partial charge < -0.3 is 15.0 Å². The molecule has 0 aliphatic rings. The van der Waals surface area contributed by atoms with Crippen molar-refractivity contribution in [3.05, 3.63) is 16.8 Å². The second-order valence-electron chi connectivity index (χ2n) is 6.05. The Morgan fingerprint density at radius 2 is 2.08 bits per heavy atom. The summed E-state index contributed by atoms with van der Waals surface area (Å²) in [5.74, 6) is 0.721. The van der Waals surface area contributed by atoms with Crippen LogP contribution in [0.4, 0.5) is 0 Å². The molecule has 2 rings (SSSR count). The van der Waals surface area contributed by atoms with E-state index < -0.39 is 0 Å². The summed E-state index contributed by atoms with van der Waals surface area (Å²) < 4.78 is 7.11. The van der Waals surface area contributed by atoms with Gasteiger partial charge in [0.1, 0.15) is 0 Å². The fourth-order valence-corrected chi connectivity index (χ4v) is 2.93. The smallest absolute Gasteiger partial charge is 0.242 e. The van der Waals surface area contributed by atoms with Gasteiger partial charge in [0.05, 0.1) is 12.5 Å². The molecule has 0 bridgehead atoms. The summed E-state index contributed by atoms with van der Waals surface area (Å²) in [5, 5.41) is 8.34. The first-order valence-electron chi connectivity index (χ1n) is 8.16. The molecule has 0 atom stereocenters. The number of pyridine rings is 1. The third-order valence-electron chi connectivity index (χ3n) is 4.43. The number of hydrogen-bond acceptors (Lipinski definition) is 5. The van der Waals surface area contributed by atoms with E-state index in [1.54, 1.807) is 16.7 Å². The molecule has 1 amide bonds. The standard InChI is InChI=1S/C17H27N5O2/c1-11-13(7-8-14(23)21(4)10-9-18-3)12(2)19-16-15(11)17(24-6)20-22(16)5/h18H,7-10H2,1-6H3. The van der Waals surface area contributed by atoms with Crippen molar-refractivity contribution in [3.8, 4) is 5.88 Å². The second kappa shape index (κ2) is 7.61. The minimum Gasteiger partial charge on any atom is -0.479 e. The maximum Gasteiger partial charge on any atom is 0.242 e. The van der Waals surface area contributed by atoms with Crippen molar-refractivity contribution in [2.24, 2.45) is 7.05 Å². The summed E-state index contributed by atoms with van der Waals surface area (Å²) in [6.07, 6.45) is 1.14. The number of fused-ring (bicyclic) bond motifs is 1. The predicted molar refractivity (Wildman–Crippen MR) is 94.4 cm³/mol. The Bertz CT molecular complexity index is 738. The lowest BCUT2D eigenvalue weighted by Gasteiger charge is -2.17. The molecule has 132 valence electrons. The molecule has 0 spiro atoms. The molecule has 1 N–H and O–H groups in total. The van der Waals surface area contributed by atoms with E-state index in [1.807, 2.05) is 35.0 Å². The summed E-state index contributed by atoms with van der Waals surface area (Å²) in [4.78, 5) is 18.7. The molecule has 2 aromatic rings. The number of ether oxygens (including phenoxy) is 1. The van der Waals surface area contributed by atoms with Gasteiger partial charge in [-0.1, -0.05) is 0 Å². The fraction of sp³-hybridized carbons (Fsp3) is 0.588. The summed E-state index contributed by atoms with van der Waals surface area (Å²) in [5.41, 5.74) is 3.94. The lowest BCUT2D eigenvalue weighted by molar-refractivity contribution is -0.129. The molecule has 0 radical (unpaired) electrons. The Balaban J connectivity index is 2.24. The zero-order valence-corrected chi connectivity index (χ0v) is 15.4. The largest absolute Gasteiger partial charge is 0.479 e. The number of likely N-dealkylation sites (N-methyl/N-ethyl adjacent to an activating group) is 2. The van der Waals surface area contributed by atoms with Gasteiger partial charge in [0.15, 0.2) is 5.65 Å². The van der Waals surface area contributed by atoms with E-state index in [1.165, 1.54) is 0 Å². The van der Waals surface area contributed by atoms with E-state index in [0.29, 0.717) is 25.3 Å². The molecular weight excluding hydrogens is 306 g/mol. The van der Waals surface area contributed by atoms with Crippen molar-refractivity contribution < 1.29 is 9.53 Å². The molecule has 24 heavy (non-hydrogen) atoms. The second-order valence-corrected chi connectivity index (χ2v) is 6.05. The number of methoxy groups -OCH3 is 1. The number of amides is 1. The van der Waals surface area contributed by atoms with Crippen LogP contribution < -0.4 is 10.1 Å². The summed E-state index contributed by atoms with van der Waals surface area (Å²) in [6.45, 7) is 5.53. The third kappa shape index (κ3) is 3.51. The van der Waals surface area contributed by atoms with Crippen LogP contribution in [-0.4, -0.2) is 59.9 Å². The molecule has 2 heterocycles. The monoisotopic (exact) mass is 333 g/mol. The Morgan fingerprint density at radius 3 is 2.71 bits per heavy atom. The highest BCUT2D eigenvalue weighted by molar-refractivity contribution is 5.86. The van der Waals surface area contributed by atoms with Crippen LogP contribution in [0.5, 0.6) is 5.88 Å². The van der Waals surface area contributed by atoms with Crippen LogP contribution >= 0.6 is 0 Å². The molecule has 7 heteroatoms. The van der Waals surface area contributed by atoms with E-state index in [2.05, 4.69) is 15.4 Å². The summed E-state index contributed by atoms with van der Waals surface area (Å²) >= 11 is 0. The number of hydrogen-bond donors (Lipinski definition) is 1. The molecule has 0 saturated heterocycles. The SMILES string of the molecule is CNCCN(C)C(=O)CCc1c(C)nc2c(c(OC)nn2C)c1C. The number of nitrogens with zero attached hydrogens (tertiary/aromatic N) is 4. The summed E-state index contributed by atoms with van der Waals surface area (Å²) in [7, 11) is 7.19. The van der Waals surface area contributed by atoms with Gasteiger partial charge in [-0.3, -0.25) is 4.79 Å². The van der Waals surface area contributed by atoms with E-state index in [4.69, 9.17) is 4.74 Å². The Morgan fingerprint density at radius 1 is 1.38 bits per heavy atom. The first-order chi connectivity index (χ1) is 11.4. The van der Waals surface area contributed by atoms with Crippen LogP contribution in [0.25, 0.3) is 11.0 Å². The Hall–Kier alpha value is -2.15. The van der Waals surface area contributed by atoms with E-state index >= 15 is 0 Å². The average molecular weight is 333 g/mol. The minimum atomic E-state index is 0.141. The van der Waals surface area contributed by atoms with Crippen LogP contribution in [0, 0.1) is 13.8 Å². The summed E-state index contributed by atoms with van der Waals surface area (Å²) in [6, 6.07) is 0. The molecule has 0 saturated carbocycles. The van der Waals surface area contributed by atoms with Gasteiger partial charge in [-0.2, -0.15) is 0 Å². The highest BCUT2D eigenvalue weighted by Crippen LogP contribution is 2.30.